The third kappa shape index (κ3) is 2.70. The number of aromatic nitrogens is 2. The average molecular weight is 396 g/mol. The molecule has 0 aliphatic carbocycles. The predicted molar refractivity (Wildman–Crippen MR) is 92.1 cm³/mol. The number of rotatable bonds is 3. The average Bonchev–Trinajstić information content (AvgIpc) is 2.87. The molecule has 0 atom stereocenters. The lowest BCUT2D eigenvalue weighted by molar-refractivity contribution is 0.112. The molecule has 1 heterocycles. The van der Waals surface area contributed by atoms with E-state index >= 15 is 0 Å². The minimum absolute atomic E-state index is 0.426. The minimum atomic E-state index is 0.426. The Morgan fingerprint density at radius 3 is 2.41 bits per heavy atom. The fraction of sp³-hybridized carbons (Fsp3) is 0. The third-order valence-corrected chi connectivity index (χ3v) is 4.68. The summed E-state index contributed by atoms with van der Waals surface area (Å²) >= 11 is 15.4. The minimum Gasteiger partial charge on any atom is -0.298 e. The van der Waals surface area contributed by atoms with Gasteiger partial charge in [-0.05, 0) is 34.1 Å². The number of benzene rings is 2. The largest absolute Gasteiger partial charge is 0.298 e. The van der Waals surface area contributed by atoms with E-state index in [0.29, 0.717) is 31.6 Å². The van der Waals surface area contributed by atoms with Crippen LogP contribution in [0.15, 0.2) is 53.1 Å². The van der Waals surface area contributed by atoms with Crippen LogP contribution in [0.25, 0.3) is 16.9 Å². The Morgan fingerprint density at radius 2 is 1.77 bits per heavy atom. The molecule has 6 heteroatoms. The van der Waals surface area contributed by atoms with E-state index in [9.17, 15) is 4.79 Å². The van der Waals surface area contributed by atoms with E-state index in [2.05, 4.69) is 21.0 Å². The zero-order chi connectivity index (χ0) is 15.7. The van der Waals surface area contributed by atoms with Crippen LogP contribution in [-0.2, 0) is 0 Å². The van der Waals surface area contributed by atoms with Crippen LogP contribution < -0.4 is 0 Å². The second-order valence-corrected chi connectivity index (χ2v) is 6.11. The molecular formula is C16H9BrCl2N2O. The van der Waals surface area contributed by atoms with E-state index in [4.69, 9.17) is 23.2 Å². The van der Waals surface area contributed by atoms with Gasteiger partial charge in [0.05, 0.1) is 21.3 Å². The lowest BCUT2D eigenvalue weighted by atomic mass is 10.1. The van der Waals surface area contributed by atoms with E-state index in [-0.39, 0.29) is 0 Å². The fourth-order valence-corrected chi connectivity index (χ4v) is 2.97. The maximum absolute atomic E-state index is 11.5. The van der Waals surface area contributed by atoms with Crippen molar-refractivity contribution < 1.29 is 4.79 Å². The van der Waals surface area contributed by atoms with Crippen LogP contribution >= 0.6 is 39.1 Å². The quantitative estimate of drug-likeness (QED) is 0.555. The Bertz CT molecular complexity index is 847. The molecule has 0 aliphatic rings. The zero-order valence-corrected chi connectivity index (χ0v) is 14.2. The van der Waals surface area contributed by atoms with Crippen LogP contribution in [0.3, 0.4) is 0 Å². The molecule has 0 radical (unpaired) electrons. The van der Waals surface area contributed by atoms with Crippen molar-refractivity contribution in [3.8, 4) is 16.9 Å². The van der Waals surface area contributed by atoms with E-state index in [0.717, 1.165) is 11.8 Å². The molecule has 0 fully saturated rings. The van der Waals surface area contributed by atoms with Crippen molar-refractivity contribution in [1.82, 2.24) is 9.78 Å². The lowest BCUT2D eigenvalue weighted by Gasteiger charge is -2.04. The van der Waals surface area contributed by atoms with Crippen molar-refractivity contribution in [2.75, 3.05) is 0 Å². The number of halogens is 3. The van der Waals surface area contributed by atoms with Gasteiger partial charge >= 0.3 is 0 Å². The van der Waals surface area contributed by atoms with E-state index in [1.165, 1.54) is 0 Å². The van der Waals surface area contributed by atoms with Gasteiger partial charge in [0.2, 0.25) is 0 Å². The Kier molecular flexibility index (Phi) is 4.34. The first-order chi connectivity index (χ1) is 10.6. The van der Waals surface area contributed by atoms with Crippen molar-refractivity contribution >= 4 is 45.4 Å². The summed E-state index contributed by atoms with van der Waals surface area (Å²) in [6, 6.07) is 14.7. The molecule has 1 aromatic heterocycles. The van der Waals surface area contributed by atoms with Crippen LogP contribution in [0.5, 0.6) is 0 Å². The van der Waals surface area contributed by atoms with Crippen LogP contribution in [-0.4, -0.2) is 16.1 Å². The Morgan fingerprint density at radius 1 is 1.05 bits per heavy atom. The first kappa shape index (κ1) is 15.3. The first-order valence-corrected chi connectivity index (χ1v) is 7.91. The highest BCUT2D eigenvalue weighted by atomic mass is 79.9. The number of nitrogens with zero attached hydrogens (tertiary/aromatic N) is 2. The second-order valence-electron chi connectivity index (χ2n) is 4.55. The van der Waals surface area contributed by atoms with Crippen LogP contribution in [0.2, 0.25) is 10.0 Å². The number of hydrogen-bond donors (Lipinski definition) is 0. The van der Waals surface area contributed by atoms with Crippen molar-refractivity contribution in [2.24, 2.45) is 0 Å². The molecule has 3 rings (SSSR count). The molecule has 0 bridgehead atoms. The van der Waals surface area contributed by atoms with Crippen LogP contribution in [0.4, 0.5) is 0 Å². The molecule has 0 spiro atoms. The highest BCUT2D eigenvalue weighted by molar-refractivity contribution is 9.10. The van der Waals surface area contributed by atoms with E-state index < -0.39 is 0 Å². The third-order valence-electron chi connectivity index (χ3n) is 3.18. The molecule has 3 aromatic rings. The van der Waals surface area contributed by atoms with Crippen LogP contribution in [0.1, 0.15) is 10.4 Å². The van der Waals surface area contributed by atoms with Gasteiger partial charge in [0.25, 0.3) is 0 Å². The summed E-state index contributed by atoms with van der Waals surface area (Å²) in [5, 5.41) is 5.42. The van der Waals surface area contributed by atoms with Crippen LogP contribution in [0, 0.1) is 0 Å². The summed E-state index contributed by atoms with van der Waals surface area (Å²) in [6.07, 6.45) is 0.785. The van der Waals surface area contributed by atoms with Gasteiger partial charge in [-0.1, -0.05) is 53.5 Å². The summed E-state index contributed by atoms with van der Waals surface area (Å²) in [4.78, 5) is 11.5. The summed E-state index contributed by atoms with van der Waals surface area (Å²) in [5.41, 5.74) is 2.67. The monoisotopic (exact) mass is 394 g/mol. The van der Waals surface area contributed by atoms with Gasteiger partial charge in [0.15, 0.2) is 6.29 Å². The highest BCUT2D eigenvalue weighted by Gasteiger charge is 2.18. The first-order valence-electron chi connectivity index (χ1n) is 6.36. The number of carbonyl (C=O) groups is 1. The van der Waals surface area contributed by atoms with Gasteiger partial charge in [0.1, 0.15) is 10.3 Å². The van der Waals surface area contributed by atoms with Crippen molar-refractivity contribution in [3.05, 3.63) is 68.7 Å². The maximum atomic E-state index is 11.5. The van der Waals surface area contributed by atoms with Crippen molar-refractivity contribution in [3.63, 3.8) is 0 Å². The molecule has 0 N–H and O–H groups in total. The fourth-order valence-electron chi connectivity index (χ4n) is 2.11. The molecular weight excluding hydrogens is 387 g/mol. The standard InChI is InChI=1S/C16H9BrCl2N2O/c17-16-12(9-22)15(10-4-2-1-3-5-10)20-21(16)11-6-7-13(18)14(19)8-11/h1-9H. The van der Waals surface area contributed by atoms with Gasteiger partial charge in [0, 0.05) is 5.56 Å². The predicted octanol–water partition coefficient (Wildman–Crippen LogP) is 5.42. The molecule has 0 amide bonds. The van der Waals surface area contributed by atoms with Gasteiger partial charge in [-0.2, -0.15) is 5.10 Å². The van der Waals surface area contributed by atoms with Crippen molar-refractivity contribution in [1.29, 1.82) is 0 Å². The highest BCUT2D eigenvalue weighted by Crippen LogP contribution is 2.31. The Labute approximate surface area is 145 Å². The molecule has 0 saturated carbocycles. The molecule has 22 heavy (non-hydrogen) atoms. The van der Waals surface area contributed by atoms with E-state index in [1.807, 2.05) is 30.3 Å². The normalized spacial score (nSPS) is 10.7. The van der Waals surface area contributed by atoms with Gasteiger partial charge in [-0.15, -0.1) is 0 Å². The van der Waals surface area contributed by atoms with Gasteiger partial charge in [-0.25, -0.2) is 4.68 Å². The second kappa shape index (κ2) is 6.24. The lowest BCUT2D eigenvalue weighted by Crippen LogP contribution is -1.97. The summed E-state index contributed by atoms with van der Waals surface area (Å²) in [6.45, 7) is 0. The molecule has 3 nitrogen and oxygen atoms in total. The molecule has 0 saturated heterocycles. The molecule has 2 aromatic carbocycles. The smallest absolute Gasteiger partial charge is 0.155 e. The zero-order valence-electron chi connectivity index (χ0n) is 11.1. The SMILES string of the molecule is O=Cc1c(-c2ccccc2)nn(-c2ccc(Cl)c(Cl)c2)c1Br. The topological polar surface area (TPSA) is 34.9 Å². The molecule has 110 valence electrons. The summed E-state index contributed by atoms with van der Waals surface area (Å²) in [5.74, 6) is 0. The number of hydrogen-bond acceptors (Lipinski definition) is 2. The maximum Gasteiger partial charge on any atom is 0.155 e. The Hall–Kier alpha value is -1.62. The Balaban J connectivity index is 2.20. The molecule has 0 unspecified atom stereocenters. The summed E-state index contributed by atoms with van der Waals surface area (Å²) < 4.78 is 2.19. The van der Waals surface area contributed by atoms with E-state index in [1.54, 1.807) is 22.9 Å². The summed E-state index contributed by atoms with van der Waals surface area (Å²) in [7, 11) is 0. The van der Waals surface area contributed by atoms with Gasteiger partial charge in [-0.3, -0.25) is 4.79 Å². The van der Waals surface area contributed by atoms with Gasteiger partial charge < -0.3 is 0 Å². The molecule has 0 aliphatic heterocycles. The number of carbonyl (C=O) groups excluding carboxylic acids is 1. The van der Waals surface area contributed by atoms with Crippen molar-refractivity contribution in [2.45, 2.75) is 0 Å². The number of aldehydes is 1.